The molecule has 2 rings (SSSR count). The minimum atomic E-state index is 0.456. The summed E-state index contributed by atoms with van der Waals surface area (Å²) in [5, 5.41) is 5.48. The number of nitrogens with one attached hydrogen (secondary N) is 1. The molecule has 1 N–H and O–H groups in total. The highest BCUT2D eigenvalue weighted by molar-refractivity contribution is 7.09. The van der Waals surface area contributed by atoms with Crippen LogP contribution in [0.2, 0.25) is 0 Å². The Balaban J connectivity index is 1.91. The van der Waals surface area contributed by atoms with E-state index in [2.05, 4.69) is 58.6 Å². The van der Waals surface area contributed by atoms with E-state index < -0.39 is 0 Å². The Bertz CT molecular complexity index is 510. The number of anilines is 1. The summed E-state index contributed by atoms with van der Waals surface area (Å²) >= 11 is 1.80. The summed E-state index contributed by atoms with van der Waals surface area (Å²) in [4.78, 5) is 12.5. The summed E-state index contributed by atoms with van der Waals surface area (Å²) in [7, 11) is 2.07. The van der Waals surface area contributed by atoms with Crippen molar-refractivity contribution in [3.63, 3.8) is 0 Å². The second kappa shape index (κ2) is 7.36. The van der Waals surface area contributed by atoms with E-state index in [0.717, 1.165) is 31.0 Å². The van der Waals surface area contributed by atoms with Crippen molar-refractivity contribution in [2.75, 3.05) is 18.5 Å². The fraction of sp³-hybridized carbons (Fsp3) is 0.467. The molecule has 0 saturated heterocycles. The van der Waals surface area contributed by atoms with Crippen LogP contribution in [-0.4, -0.2) is 29.6 Å². The minimum absolute atomic E-state index is 0.456. The molecule has 0 spiro atoms. The lowest BCUT2D eigenvalue weighted by molar-refractivity contribution is 0.580. The summed E-state index contributed by atoms with van der Waals surface area (Å²) in [6.45, 7) is 5.97. The van der Waals surface area contributed by atoms with E-state index >= 15 is 0 Å². The summed E-state index contributed by atoms with van der Waals surface area (Å²) in [6, 6.07) is 4.72. The number of likely N-dealkylation sites (N-methyl/N-ethyl adjacent to an activating group) is 1. The highest BCUT2D eigenvalue weighted by atomic mass is 32.1. The first kappa shape index (κ1) is 14.9. The molecule has 2 aromatic rings. The van der Waals surface area contributed by atoms with Crippen molar-refractivity contribution in [1.29, 1.82) is 0 Å². The Hall–Kier alpha value is -1.46. The van der Waals surface area contributed by atoms with Crippen molar-refractivity contribution >= 4 is 17.2 Å². The summed E-state index contributed by atoms with van der Waals surface area (Å²) < 4.78 is 0. The van der Waals surface area contributed by atoms with Crippen LogP contribution in [0.4, 0.5) is 5.82 Å². The average molecular weight is 290 g/mol. The highest BCUT2D eigenvalue weighted by Gasteiger charge is 2.05. The molecule has 4 nitrogen and oxygen atoms in total. The Labute approximate surface area is 124 Å². The lowest BCUT2D eigenvalue weighted by Gasteiger charge is -2.18. The monoisotopic (exact) mass is 290 g/mol. The van der Waals surface area contributed by atoms with Crippen LogP contribution in [0, 0.1) is 0 Å². The molecule has 0 aliphatic heterocycles. The molecule has 0 unspecified atom stereocenters. The number of hydrogen-bond acceptors (Lipinski definition) is 5. The summed E-state index contributed by atoms with van der Waals surface area (Å²) in [6.07, 6.45) is 4.70. The van der Waals surface area contributed by atoms with Gasteiger partial charge in [-0.25, -0.2) is 4.98 Å². The molecule has 108 valence electrons. The Morgan fingerprint density at radius 3 is 2.90 bits per heavy atom. The number of nitrogens with zero attached hydrogens (tertiary/aromatic N) is 3. The lowest BCUT2D eigenvalue weighted by Crippen LogP contribution is -2.24. The number of thiophene rings is 1. The summed E-state index contributed by atoms with van der Waals surface area (Å²) in [5.74, 6) is 0.935. The molecule has 0 radical (unpaired) electrons. The second-order valence-corrected chi connectivity index (χ2v) is 6.19. The van der Waals surface area contributed by atoms with Gasteiger partial charge in [-0.2, -0.15) is 0 Å². The van der Waals surface area contributed by atoms with E-state index in [9.17, 15) is 0 Å². The maximum Gasteiger partial charge on any atom is 0.147 e. The van der Waals surface area contributed by atoms with Crippen molar-refractivity contribution in [2.45, 2.75) is 32.9 Å². The Morgan fingerprint density at radius 1 is 1.35 bits per heavy atom. The van der Waals surface area contributed by atoms with Gasteiger partial charge >= 0.3 is 0 Å². The highest BCUT2D eigenvalue weighted by Crippen LogP contribution is 2.12. The maximum absolute atomic E-state index is 4.65. The van der Waals surface area contributed by atoms with Gasteiger partial charge in [0.2, 0.25) is 0 Å². The topological polar surface area (TPSA) is 41.1 Å². The van der Waals surface area contributed by atoms with Gasteiger partial charge in [0.25, 0.3) is 0 Å². The van der Waals surface area contributed by atoms with E-state index in [0.29, 0.717) is 6.04 Å². The zero-order valence-corrected chi connectivity index (χ0v) is 13.2. The molecule has 0 aliphatic rings. The molecule has 2 aromatic heterocycles. The van der Waals surface area contributed by atoms with E-state index in [1.165, 1.54) is 4.88 Å². The standard InChI is InChI=1S/C15H22N4S/c1-12(2)17-10-13-9-16-11-15(18-13)19(3)7-6-14-5-4-8-20-14/h4-5,8-9,11-12,17H,6-7,10H2,1-3H3. The van der Waals surface area contributed by atoms with E-state index in [1.807, 2.05) is 12.4 Å². The van der Waals surface area contributed by atoms with Gasteiger partial charge in [0.15, 0.2) is 0 Å². The maximum atomic E-state index is 4.65. The van der Waals surface area contributed by atoms with Gasteiger partial charge < -0.3 is 10.2 Å². The van der Waals surface area contributed by atoms with E-state index in [1.54, 1.807) is 11.3 Å². The molecule has 0 saturated carbocycles. The SMILES string of the molecule is CC(C)NCc1cncc(N(C)CCc2cccs2)n1. The van der Waals surface area contributed by atoms with E-state index in [4.69, 9.17) is 0 Å². The van der Waals surface area contributed by atoms with Gasteiger partial charge in [0.05, 0.1) is 11.9 Å². The Kier molecular flexibility index (Phi) is 5.49. The van der Waals surface area contributed by atoms with Crippen LogP contribution in [-0.2, 0) is 13.0 Å². The molecule has 0 amide bonds. The second-order valence-electron chi connectivity index (χ2n) is 5.16. The molecule has 20 heavy (non-hydrogen) atoms. The third-order valence-electron chi connectivity index (χ3n) is 3.03. The molecule has 5 heteroatoms. The fourth-order valence-corrected chi connectivity index (χ4v) is 2.52. The van der Waals surface area contributed by atoms with Crippen molar-refractivity contribution in [1.82, 2.24) is 15.3 Å². The van der Waals surface area contributed by atoms with Crippen LogP contribution in [0.25, 0.3) is 0 Å². The predicted molar refractivity (Wildman–Crippen MR) is 85.3 cm³/mol. The molecule has 0 aromatic carbocycles. The quantitative estimate of drug-likeness (QED) is 0.851. The minimum Gasteiger partial charge on any atom is -0.358 e. The molecule has 0 aliphatic carbocycles. The van der Waals surface area contributed by atoms with Crippen molar-refractivity contribution in [3.05, 3.63) is 40.5 Å². The molecule has 0 bridgehead atoms. The van der Waals surface area contributed by atoms with Gasteiger partial charge in [0.1, 0.15) is 5.82 Å². The van der Waals surface area contributed by atoms with Crippen LogP contribution in [0.5, 0.6) is 0 Å². The average Bonchev–Trinajstić information content (AvgIpc) is 2.96. The largest absolute Gasteiger partial charge is 0.358 e. The molecule has 0 fully saturated rings. The Morgan fingerprint density at radius 2 is 2.20 bits per heavy atom. The van der Waals surface area contributed by atoms with Gasteiger partial charge in [-0.1, -0.05) is 19.9 Å². The zero-order valence-electron chi connectivity index (χ0n) is 12.3. The van der Waals surface area contributed by atoms with Gasteiger partial charge in [-0.05, 0) is 17.9 Å². The van der Waals surface area contributed by atoms with Gasteiger partial charge in [0, 0.05) is 37.3 Å². The van der Waals surface area contributed by atoms with Crippen LogP contribution in [0.1, 0.15) is 24.4 Å². The van der Waals surface area contributed by atoms with Crippen LogP contribution >= 0.6 is 11.3 Å². The summed E-state index contributed by atoms with van der Waals surface area (Å²) in [5.41, 5.74) is 0.985. The normalized spacial score (nSPS) is 11.0. The van der Waals surface area contributed by atoms with Crippen LogP contribution in [0.3, 0.4) is 0 Å². The first-order chi connectivity index (χ1) is 9.65. The number of rotatable bonds is 7. The molecular weight excluding hydrogens is 268 g/mol. The van der Waals surface area contributed by atoms with Gasteiger partial charge in [-0.15, -0.1) is 11.3 Å². The van der Waals surface area contributed by atoms with Crippen molar-refractivity contribution in [3.8, 4) is 0 Å². The lowest BCUT2D eigenvalue weighted by atomic mass is 10.3. The number of aromatic nitrogens is 2. The van der Waals surface area contributed by atoms with Crippen molar-refractivity contribution < 1.29 is 0 Å². The number of hydrogen-bond donors (Lipinski definition) is 1. The third-order valence-corrected chi connectivity index (χ3v) is 3.96. The zero-order chi connectivity index (χ0) is 14.4. The molecule has 2 heterocycles. The van der Waals surface area contributed by atoms with Crippen LogP contribution < -0.4 is 10.2 Å². The van der Waals surface area contributed by atoms with Crippen LogP contribution in [0.15, 0.2) is 29.9 Å². The predicted octanol–water partition coefficient (Wildman–Crippen LogP) is 2.72. The van der Waals surface area contributed by atoms with E-state index in [-0.39, 0.29) is 0 Å². The first-order valence-corrected chi connectivity index (χ1v) is 7.81. The third kappa shape index (κ3) is 4.58. The first-order valence-electron chi connectivity index (χ1n) is 6.93. The molecule has 0 atom stereocenters. The van der Waals surface area contributed by atoms with Gasteiger partial charge in [-0.3, -0.25) is 4.98 Å². The smallest absolute Gasteiger partial charge is 0.147 e. The van der Waals surface area contributed by atoms with Crippen molar-refractivity contribution in [2.24, 2.45) is 0 Å². The molecular formula is C15H22N4S. The fourth-order valence-electron chi connectivity index (χ4n) is 1.82.